The molecule has 1 heterocycles. The molecule has 0 aliphatic rings. The molecule has 2 aromatic rings. The van der Waals surface area contributed by atoms with E-state index < -0.39 is 6.03 Å². The van der Waals surface area contributed by atoms with Crippen LogP contribution in [0.2, 0.25) is 10.0 Å². The van der Waals surface area contributed by atoms with E-state index in [0.717, 1.165) is 10.0 Å². The molecule has 0 saturated carbocycles. The lowest BCUT2D eigenvalue weighted by Gasteiger charge is -2.09. The van der Waals surface area contributed by atoms with Crippen LogP contribution >= 0.6 is 39.1 Å². The highest BCUT2D eigenvalue weighted by molar-refractivity contribution is 9.10. The summed E-state index contributed by atoms with van der Waals surface area (Å²) in [6.07, 6.45) is 1.61. The minimum Gasteiger partial charge on any atom is -0.308 e. The summed E-state index contributed by atoms with van der Waals surface area (Å²) in [5.74, 6) is 0.485. The molecule has 1 aromatic heterocycles. The van der Waals surface area contributed by atoms with Crippen LogP contribution in [0.4, 0.5) is 16.3 Å². The summed E-state index contributed by atoms with van der Waals surface area (Å²) in [5.41, 5.74) is 1.36. The van der Waals surface area contributed by atoms with Crippen LogP contribution in [0.3, 0.4) is 0 Å². The van der Waals surface area contributed by atoms with Gasteiger partial charge >= 0.3 is 6.03 Å². The first-order chi connectivity index (χ1) is 9.44. The van der Waals surface area contributed by atoms with E-state index >= 15 is 0 Å². The molecule has 0 spiro atoms. The van der Waals surface area contributed by atoms with Crippen LogP contribution in [0.1, 0.15) is 5.56 Å². The van der Waals surface area contributed by atoms with Crippen LogP contribution in [-0.2, 0) is 0 Å². The number of benzene rings is 1. The third-order valence-electron chi connectivity index (χ3n) is 2.40. The standard InChI is InChI=1S/C13H10BrCl2N3O/c1-7-2-8(14)6-17-12(7)19-13(20)18-11-4-9(15)3-10(16)5-11/h2-6H,1H3,(H2,17,18,19,20). The number of hydrogen-bond donors (Lipinski definition) is 2. The minimum absolute atomic E-state index is 0.416. The molecule has 4 nitrogen and oxygen atoms in total. The number of nitrogens with zero attached hydrogens (tertiary/aromatic N) is 1. The van der Waals surface area contributed by atoms with Crippen molar-refractivity contribution in [2.75, 3.05) is 10.6 Å². The summed E-state index contributed by atoms with van der Waals surface area (Å²) in [5, 5.41) is 6.20. The van der Waals surface area contributed by atoms with Crippen molar-refractivity contribution in [3.05, 3.63) is 50.5 Å². The van der Waals surface area contributed by atoms with E-state index in [1.807, 2.05) is 13.0 Å². The van der Waals surface area contributed by atoms with Crippen molar-refractivity contribution in [2.45, 2.75) is 6.92 Å². The SMILES string of the molecule is Cc1cc(Br)cnc1NC(=O)Nc1cc(Cl)cc(Cl)c1. The quantitative estimate of drug-likeness (QED) is 0.767. The summed E-state index contributed by atoms with van der Waals surface area (Å²) >= 11 is 15.0. The number of pyridine rings is 1. The predicted octanol–water partition coefficient (Wildman–Crippen LogP) is 5.10. The van der Waals surface area contributed by atoms with Gasteiger partial charge in [0.2, 0.25) is 0 Å². The molecule has 0 aliphatic heterocycles. The van der Waals surface area contributed by atoms with Gasteiger partial charge in [-0.1, -0.05) is 23.2 Å². The van der Waals surface area contributed by atoms with Gasteiger partial charge in [0, 0.05) is 26.4 Å². The highest BCUT2D eigenvalue weighted by Crippen LogP contribution is 2.23. The number of rotatable bonds is 2. The lowest BCUT2D eigenvalue weighted by molar-refractivity contribution is 0.262. The van der Waals surface area contributed by atoms with E-state index in [4.69, 9.17) is 23.2 Å². The van der Waals surface area contributed by atoms with E-state index in [-0.39, 0.29) is 0 Å². The number of aromatic nitrogens is 1. The molecule has 20 heavy (non-hydrogen) atoms. The minimum atomic E-state index is -0.416. The maximum Gasteiger partial charge on any atom is 0.324 e. The van der Waals surface area contributed by atoms with Crippen LogP contribution in [0.5, 0.6) is 0 Å². The Labute approximate surface area is 134 Å². The van der Waals surface area contributed by atoms with Gasteiger partial charge in [-0.25, -0.2) is 9.78 Å². The van der Waals surface area contributed by atoms with E-state index in [2.05, 4.69) is 31.5 Å². The van der Waals surface area contributed by atoms with Gasteiger partial charge in [-0.15, -0.1) is 0 Å². The summed E-state index contributed by atoms with van der Waals surface area (Å²) in [7, 11) is 0. The van der Waals surface area contributed by atoms with Gasteiger partial charge in [-0.2, -0.15) is 0 Å². The number of carbonyl (C=O) groups excluding carboxylic acids is 1. The number of nitrogens with one attached hydrogen (secondary N) is 2. The largest absolute Gasteiger partial charge is 0.324 e. The Hall–Kier alpha value is -1.30. The Morgan fingerprint density at radius 3 is 2.40 bits per heavy atom. The Bertz CT molecular complexity index is 644. The number of amides is 2. The zero-order chi connectivity index (χ0) is 14.7. The van der Waals surface area contributed by atoms with Crippen molar-refractivity contribution < 1.29 is 4.79 Å². The highest BCUT2D eigenvalue weighted by Gasteiger charge is 2.07. The van der Waals surface area contributed by atoms with Gasteiger partial charge in [-0.05, 0) is 52.7 Å². The van der Waals surface area contributed by atoms with Crippen LogP contribution in [-0.4, -0.2) is 11.0 Å². The van der Waals surface area contributed by atoms with Gasteiger partial charge in [0.05, 0.1) is 0 Å². The maximum atomic E-state index is 11.9. The van der Waals surface area contributed by atoms with E-state index in [1.165, 1.54) is 0 Å². The topological polar surface area (TPSA) is 54.0 Å². The number of carbonyl (C=O) groups is 1. The van der Waals surface area contributed by atoms with E-state index in [9.17, 15) is 4.79 Å². The molecule has 0 atom stereocenters. The Kier molecular flexibility index (Phi) is 4.86. The molecule has 0 unspecified atom stereocenters. The monoisotopic (exact) mass is 373 g/mol. The highest BCUT2D eigenvalue weighted by atomic mass is 79.9. The Morgan fingerprint density at radius 2 is 1.80 bits per heavy atom. The van der Waals surface area contributed by atoms with Crippen LogP contribution in [0, 0.1) is 6.92 Å². The van der Waals surface area contributed by atoms with E-state index in [0.29, 0.717) is 21.6 Å². The number of aryl methyl sites for hydroxylation is 1. The van der Waals surface area contributed by atoms with Gasteiger partial charge in [0.25, 0.3) is 0 Å². The molecule has 0 saturated heterocycles. The molecule has 0 aliphatic carbocycles. The molecule has 1 aromatic carbocycles. The zero-order valence-corrected chi connectivity index (χ0v) is 13.5. The average Bonchev–Trinajstić information content (AvgIpc) is 2.31. The molecule has 0 bridgehead atoms. The third-order valence-corrected chi connectivity index (χ3v) is 3.27. The van der Waals surface area contributed by atoms with Crippen molar-refractivity contribution in [3.63, 3.8) is 0 Å². The molecule has 2 N–H and O–H groups in total. The first kappa shape index (κ1) is 15.1. The lowest BCUT2D eigenvalue weighted by Crippen LogP contribution is -2.20. The average molecular weight is 375 g/mol. The summed E-state index contributed by atoms with van der Waals surface area (Å²) in [6.45, 7) is 1.85. The van der Waals surface area contributed by atoms with Gasteiger partial charge in [-0.3, -0.25) is 5.32 Å². The number of anilines is 2. The van der Waals surface area contributed by atoms with Gasteiger partial charge in [0.15, 0.2) is 0 Å². The fourth-order valence-corrected chi connectivity index (χ4v) is 2.54. The van der Waals surface area contributed by atoms with Crippen molar-refractivity contribution in [1.29, 1.82) is 0 Å². The molecule has 104 valence electrons. The second-order valence-electron chi connectivity index (χ2n) is 4.06. The summed E-state index contributed by atoms with van der Waals surface area (Å²) in [4.78, 5) is 16.0. The van der Waals surface area contributed by atoms with Crippen LogP contribution in [0.25, 0.3) is 0 Å². The van der Waals surface area contributed by atoms with Crippen molar-refractivity contribution >= 4 is 56.7 Å². The van der Waals surface area contributed by atoms with Crippen molar-refractivity contribution in [2.24, 2.45) is 0 Å². The number of urea groups is 1. The fraction of sp³-hybridized carbons (Fsp3) is 0.0769. The maximum absolute atomic E-state index is 11.9. The number of hydrogen-bond acceptors (Lipinski definition) is 2. The molecule has 0 radical (unpaired) electrons. The normalized spacial score (nSPS) is 10.2. The molecular formula is C13H10BrCl2N3O. The molecule has 0 fully saturated rings. The van der Waals surface area contributed by atoms with Crippen molar-refractivity contribution in [3.8, 4) is 0 Å². The van der Waals surface area contributed by atoms with Gasteiger partial charge in [0.1, 0.15) is 5.82 Å². The molecule has 2 amide bonds. The first-order valence-electron chi connectivity index (χ1n) is 5.60. The van der Waals surface area contributed by atoms with Crippen LogP contribution < -0.4 is 10.6 Å². The zero-order valence-electron chi connectivity index (χ0n) is 10.4. The lowest BCUT2D eigenvalue weighted by atomic mass is 10.3. The predicted molar refractivity (Wildman–Crippen MR) is 85.8 cm³/mol. The third kappa shape index (κ3) is 4.10. The second kappa shape index (κ2) is 6.43. The summed E-state index contributed by atoms with van der Waals surface area (Å²) < 4.78 is 0.850. The number of halogens is 3. The smallest absolute Gasteiger partial charge is 0.308 e. The van der Waals surface area contributed by atoms with E-state index in [1.54, 1.807) is 24.4 Å². The molecule has 2 rings (SSSR count). The molecular weight excluding hydrogens is 365 g/mol. The Morgan fingerprint density at radius 1 is 1.15 bits per heavy atom. The Balaban J connectivity index is 2.09. The fourth-order valence-electron chi connectivity index (χ4n) is 1.57. The summed E-state index contributed by atoms with van der Waals surface area (Å²) in [6, 6.07) is 6.25. The van der Waals surface area contributed by atoms with Crippen LogP contribution in [0.15, 0.2) is 34.9 Å². The first-order valence-corrected chi connectivity index (χ1v) is 7.15. The van der Waals surface area contributed by atoms with Gasteiger partial charge < -0.3 is 5.32 Å². The second-order valence-corrected chi connectivity index (χ2v) is 5.84. The van der Waals surface area contributed by atoms with Crippen molar-refractivity contribution in [1.82, 2.24) is 4.98 Å². The molecule has 7 heteroatoms.